The van der Waals surface area contributed by atoms with Gasteiger partial charge in [-0.3, -0.25) is 24.0 Å². The number of nitrogens with zero attached hydrogens (tertiary/aromatic N) is 5. The van der Waals surface area contributed by atoms with Gasteiger partial charge in [-0.15, -0.1) is 0 Å². The van der Waals surface area contributed by atoms with Gasteiger partial charge in [-0.2, -0.15) is 26.3 Å². The fourth-order valence-corrected chi connectivity index (χ4v) is 12.5. The van der Waals surface area contributed by atoms with Crippen LogP contribution in [0.5, 0.6) is 0 Å². The number of hydrogen-bond acceptors (Lipinski definition) is 27. The maximum atomic E-state index is 12.9. The van der Waals surface area contributed by atoms with Crippen LogP contribution in [0, 0.1) is 68.3 Å². The van der Waals surface area contributed by atoms with Gasteiger partial charge in [0.15, 0.2) is 5.88 Å². The molecule has 0 bridgehead atoms. The number of nitriles is 5. The fraction of sp³-hybridized carbons (Fsp3) is 0.248. The highest BCUT2D eigenvalue weighted by molar-refractivity contribution is 6.10. The summed E-state index contributed by atoms with van der Waals surface area (Å²) in [7, 11) is 1.60. The van der Waals surface area contributed by atoms with Crippen LogP contribution in [0.1, 0.15) is 68.5 Å². The summed E-state index contributed by atoms with van der Waals surface area (Å²) < 4.78 is 89.5. The van der Waals surface area contributed by atoms with Gasteiger partial charge < -0.3 is 123 Å². The van der Waals surface area contributed by atoms with Crippen molar-refractivity contribution in [2.45, 2.75) is 45.7 Å². The van der Waals surface area contributed by atoms with E-state index >= 15 is 0 Å². The molecule has 0 radical (unpaired) electrons. The monoisotopic (exact) mass is 1880 g/mol. The predicted octanol–water partition coefficient (Wildman–Crippen LogP) is 13.1. The number of nitrogens with one attached hydrogen (secondary N) is 9. The lowest BCUT2D eigenvalue weighted by molar-refractivity contribution is -0.117. The normalized spacial score (nSPS) is 11.4. The number of carbonyl (C=O) groups excluding carboxylic acids is 5. The average molecular weight is 1890 g/mol. The molecular formula is C101H102F2N14O21. The number of rotatable bonds is 47. The second-order valence-electron chi connectivity index (χ2n) is 29.0. The average Bonchev–Trinajstić information content (AvgIpc) is 1.69. The molecule has 0 aliphatic rings. The number of anilines is 3. The van der Waals surface area contributed by atoms with E-state index in [1.165, 1.54) is 85.0 Å². The summed E-state index contributed by atoms with van der Waals surface area (Å²) in [5.41, 5.74) is 6.83. The second kappa shape index (κ2) is 59.5. The summed E-state index contributed by atoms with van der Waals surface area (Å²) in [5.74, 6) is 0.705. The number of methoxy groups -OCH3 is 1. The largest absolute Gasteiger partial charge is 0.459 e. The van der Waals surface area contributed by atoms with Crippen molar-refractivity contribution in [3.63, 3.8) is 0 Å². The molecule has 8 heterocycles. The number of hydrogen-bond donors (Lipinski definition) is 13. The first-order valence-corrected chi connectivity index (χ1v) is 43.2. The topological polar surface area (TPSA) is 535 Å². The molecule has 5 aromatic carbocycles. The lowest BCUT2D eigenvalue weighted by atomic mass is 10.1. The Bertz CT molecular complexity index is 6430. The maximum absolute atomic E-state index is 12.9. The Kier molecular flexibility index (Phi) is 45.5. The smallest absolute Gasteiger partial charge is 0.266 e. The highest BCUT2D eigenvalue weighted by atomic mass is 19.1. The molecule has 37 heteroatoms. The molecule has 8 aromatic heterocycles. The summed E-state index contributed by atoms with van der Waals surface area (Å²) in [6, 6.07) is 60.0. The predicted molar refractivity (Wildman–Crippen MR) is 506 cm³/mol. The zero-order chi connectivity index (χ0) is 98.3. The lowest BCUT2D eigenvalue weighted by Crippen LogP contribution is -2.26. The summed E-state index contributed by atoms with van der Waals surface area (Å²) >= 11 is 0. The third-order valence-electron chi connectivity index (χ3n) is 19.2. The Labute approximate surface area is 791 Å². The number of halogens is 2. The van der Waals surface area contributed by atoms with Gasteiger partial charge in [0.05, 0.1) is 85.9 Å². The Morgan fingerprint density at radius 2 is 0.652 bits per heavy atom. The molecule has 0 atom stereocenters. The van der Waals surface area contributed by atoms with Crippen molar-refractivity contribution in [2.75, 3.05) is 135 Å². The molecule has 0 saturated heterocycles. The van der Waals surface area contributed by atoms with Crippen molar-refractivity contribution < 1.29 is 108 Å². The first-order chi connectivity index (χ1) is 67.4. The number of aromatic nitrogens is 3. The molecule has 0 aliphatic carbocycles. The van der Waals surface area contributed by atoms with E-state index in [1.54, 1.807) is 67.8 Å². The van der Waals surface area contributed by atoms with Crippen LogP contribution in [-0.2, 0) is 103 Å². The van der Waals surface area contributed by atoms with Crippen molar-refractivity contribution in [1.29, 1.82) is 26.3 Å². The molecule has 0 unspecified atom stereocenters. The number of fused-ring (bicyclic) bond motifs is 3. The van der Waals surface area contributed by atoms with Gasteiger partial charge >= 0.3 is 0 Å². The molecule has 35 nitrogen and oxygen atoms in total. The van der Waals surface area contributed by atoms with E-state index in [9.17, 15) is 53.8 Å². The first kappa shape index (κ1) is 106. The quantitative estimate of drug-likeness (QED) is 0.00957. The number of furan rings is 5. The molecule has 0 fully saturated rings. The molecule has 716 valence electrons. The molecule has 0 spiro atoms. The van der Waals surface area contributed by atoms with Crippen LogP contribution in [0.4, 0.5) is 26.0 Å². The Morgan fingerprint density at radius 1 is 0.348 bits per heavy atom. The van der Waals surface area contributed by atoms with Crippen LogP contribution in [0.15, 0.2) is 251 Å². The Hall–Kier alpha value is -16.2. The minimum absolute atomic E-state index is 0.00419. The van der Waals surface area contributed by atoms with Crippen LogP contribution < -0.4 is 31.9 Å². The van der Waals surface area contributed by atoms with Gasteiger partial charge in [0.25, 0.3) is 29.5 Å². The number of amides is 5. The lowest BCUT2D eigenvalue weighted by Gasteiger charge is -2.05. The van der Waals surface area contributed by atoms with E-state index in [4.69, 9.17) is 80.9 Å². The molecule has 0 saturated carbocycles. The van der Waals surface area contributed by atoms with Gasteiger partial charge in [0.1, 0.15) is 148 Å². The zero-order valence-electron chi connectivity index (χ0n) is 75.1. The van der Waals surface area contributed by atoms with Gasteiger partial charge in [0, 0.05) is 132 Å². The summed E-state index contributed by atoms with van der Waals surface area (Å²) in [6.07, 6.45) is 14.5. The number of H-pyrrole nitrogens is 3. The minimum Gasteiger partial charge on any atom is -0.459 e. The van der Waals surface area contributed by atoms with E-state index < -0.39 is 41.2 Å². The van der Waals surface area contributed by atoms with Crippen molar-refractivity contribution >= 4 is 110 Å². The van der Waals surface area contributed by atoms with Gasteiger partial charge in [-0.05, 0) is 157 Å². The van der Waals surface area contributed by atoms with E-state index in [0.717, 1.165) is 49.4 Å². The van der Waals surface area contributed by atoms with Gasteiger partial charge in [-0.25, -0.2) is 8.78 Å². The molecule has 13 rings (SSSR count). The minimum atomic E-state index is -0.633. The molecule has 13 aromatic rings. The van der Waals surface area contributed by atoms with E-state index in [-0.39, 0.29) is 79.9 Å². The van der Waals surface area contributed by atoms with Crippen molar-refractivity contribution in [3.05, 3.63) is 309 Å². The highest BCUT2D eigenvalue weighted by Crippen LogP contribution is 2.25. The second-order valence-corrected chi connectivity index (χ2v) is 29.0. The number of para-hydroxylation sites is 3. The van der Waals surface area contributed by atoms with Crippen LogP contribution in [0.25, 0.3) is 63.1 Å². The SMILES string of the molecule is COCCOCCOCc1ccc(/C=C(\C#N)C(=O)Nc2ccc(F)cc2)o1.N#C/C(=C/c1ccc(CO)o1)C(=O)Nc1ccc(F)cc1.N#C/C(=C\c1ccc(CO)o1)C(=O)NCCc1c[nH]c2ccccc12.N#C/C(=C\c1ccc(COCCOCCOCCO)o1)C(=O)NCCc1c[nH]c2ccccc12.N#C/C(=C\c1ccc(NCCOCCO)o1)C(=O)NCCc1c[nH]c2ccccc12. The Morgan fingerprint density at radius 3 is 0.993 bits per heavy atom. The standard InChI is InChI=1S/C25H29N3O6.C22H24N4O4.C20H21FN2O5.C19H17N3O3.C15H11FN2O3/c26-16-20(25(30)27-8-7-19-17-28-24-4-2-1-3-23(19)24)15-21-5-6-22(34-21)18-33-14-13-32-12-11-31-10-9-29;23-14-17(13-18-5-6-21(30-18)24-9-11-29-12-10-27)22(28)25-8-7-16-15-26-20-4-2-1-3-19(16)20;1-25-8-9-26-10-11-27-14-19-7-6-18(28-19)12-15(13-22)20(24)23-17-4-2-16(21)3-5-17;20-10-14(9-15-5-6-16(12-23)25-15)19(24)21-8-7-13-11-22-18-4-2-1-3-17(13)18;16-11-1-3-12(4-2-11)18-15(20)10(8-17)7-13-5-6-14(9-19)21-13/h1-6,15,17,28-29H,7-14,18H2,(H,27,30);1-6,13,15,24,26-27H,7-12H2,(H,25,28);2-7,12H,8-11,14H2,1H3,(H,23,24);1-6,9,11,22-23H,7-8,12H2,(H,21,24);1-7,19H,9H2,(H,18,20)/b20-15+;17-13+;15-12+;14-9+;10-7-. The molecular weight excluding hydrogens is 1780 g/mol. The Balaban J connectivity index is 0.000000195. The van der Waals surface area contributed by atoms with Crippen LogP contribution in [0.3, 0.4) is 0 Å². The summed E-state index contributed by atoms with van der Waals surface area (Å²) in [4.78, 5) is 70.6. The number of aliphatic hydroxyl groups excluding tert-OH is 4. The third-order valence-corrected chi connectivity index (χ3v) is 19.2. The van der Waals surface area contributed by atoms with Crippen molar-refractivity contribution in [2.24, 2.45) is 0 Å². The molecule has 5 amide bonds. The highest BCUT2D eigenvalue weighted by Gasteiger charge is 2.19. The van der Waals surface area contributed by atoms with E-state index in [2.05, 4.69) is 46.9 Å². The third kappa shape index (κ3) is 36.3. The summed E-state index contributed by atoms with van der Waals surface area (Å²) in [6.45, 7) is 6.26. The first-order valence-electron chi connectivity index (χ1n) is 43.2. The molecule has 0 aliphatic heterocycles. The maximum Gasteiger partial charge on any atom is 0.266 e. The summed E-state index contributed by atoms with van der Waals surface area (Å²) in [5, 5.41) is 101. The number of aliphatic hydroxyl groups is 4. The van der Waals surface area contributed by atoms with E-state index in [0.29, 0.717) is 175 Å². The number of benzene rings is 5. The van der Waals surface area contributed by atoms with Gasteiger partial charge in [-0.1, -0.05) is 54.6 Å². The number of ether oxygens (including phenoxy) is 7. The zero-order valence-corrected chi connectivity index (χ0v) is 75.1. The number of aromatic amines is 3. The van der Waals surface area contributed by atoms with Crippen LogP contribution in [-0.4, -0.2) is 184 Å². The molecule has 13 N–H and O–H groups in total. The van der Waals surface area contributed by atoms with Gasteiger partial charge in [0.2, 0.25) is 0 Å². The molecule has 138 heavy (non-hydrogen) atoms. The van der Waals surface area contributed by atoms with E-state index in [1.807, 2.05) is 116 Å². The van der Waals surface area contributed by atoms with Crippen LogP contribution >= 0.6 is 0 Å². The van der Waals surface area contributed by atoms with Crippen molar-refractivity contribution in [3.8, 4) is 30.3 Å². The number of carbonyl (C=O) groups is 5. The van der Waals surface area contributed by atoms with Crippen LogP contribution in [0.2, 0.25) is 0 Å². The fourth-order valence-electron chi connectivity index (χ4n) is 12.5. The van der Waals surface area contributed by atoms with Crippen molar-refractivity contribution in [1.82, 2.24) is 30.9 Å².